The van der Waals surface area contributed by atoms with Crippen LogP contribution in [0.1, 0.15) is 22.4 Å². The SMILES string of the molecule is C1=Cc2cccn3c4c(c(c23)C1)\C=C/C=C\C=C/4. The van der Waals surface area contributed by atoms with Gasteiger partial charge in [0.05, 0.1) is 11.2 Å². The van der Waals surface area contributed by atoms with Crippen LogP contribution in [0.5, 0.6) is 0 Å². The van der Waals surface area contributed by atoms with E-state index in [1.54, 1.807) is 0 Å². The van der Waals surface area contributed by atoms with Gasteiger partial charge in [-0.2, -0.15) is 0 Å². The molecule has 86 valence electrons. The fraction of sp³-hybridized carbons (Fsp3) is 0.0588. The Labute approximate surface area is 106 Å². The molecule has 0 fully saturated rings. The lowest BCUT2D eigenvalue weighted by atomic mass is 9.98. The van der Waals surface area contributed by atoms with Gasteiger partial charge >= 0.3 is 0 Å². The van der Waals surface area contributed by atoms with Gasteiger partial charge in [-0.25, -0.2) is 0 Å². The van der Waals surface area contributed by atoms with Gasteiger partial charge < -0.3 is 4.40 Å². The van der Waals surface area contributed by atoms with Crippen LogP contribution in [0.3, 0.4) is 0 Å². The van der Waals surface area contributed by atoms with Crippen LogP contribution >= 0.6 is 0 Å². The third-order valence-corrected chi connectivity index (χ3v) is 3.64. The smallest absolute Gasteiger partial charge is 0.0569 e. The zero-order valence-corrected chi connectivity index (χ0v) is 10.0. The second-order valence-corrected chi connectivity index (χ2v) is 4.67. The lowest BCUT2D eigenvalue weighted by Crippen LogP contribution is -1.93. The van der Waals surface area contributed by atoms with E-state index in [-0.39, 0.29) is 0 Å². The lowest BCUT2D eigenvalue weighted by molar-refractivity contribution is 1.16. The van der Waals surface area contributed by atoms with Gasteiger partial charge in [0, 0.05) is 11.8 Å². The highest BCUT2D eigenvalue weighted by Crippen LogP contribution is 2.33. The average Bonchev–Trinajstić information content (AvgIpc) is 2.65. The van der Waals surface area contributed by atoms with Crippen molar-refractivity contribution in [3.05, 3.63) is 71.1 Å². The van der Waals surface area contributed by atoms with E-state index in [9.17, 15) is 0 Å². The maximum Gasteiger partial charge on any atom is 0.0569 e. The lowest BCUT2D eigenvalue weighted by Gasteiger charge is -2.07. The molecule has 2 aliphatic rings. The molecule has 0 spiro atoms. The highest BCUT2D eigenvalue weighted by molar-refractivity contribution is 5.85. The van der Waals surface area contributed by atoms with Crippen molar-refractivity contribution in [3.63, 3.8) is 0 Å². The number of nitrogens with zero attached hydrogens (tertiary/aromatic N) is 1. The van der Waals surface area contributed by atoms with Gasteiger partial charge in [0.25, 0.3) is 0 Å². The maximum atomic E-state index is 2.31. The Morgan fingerprint density at radius 3 is 2.78 bits per heavy atom. The number of pyridine rings is 1. The molecule has 1 nitrogen and oxygen atoms in total. The molecule has 2 aliphatic carbocycles. The molecule has 0 amide bonds. The minimum atomic E-state index is 1.03. The minimum absolute atomic E-state index is 1.03. The van der Waals surface area contributed by atoms with E-state index in [1.165, 1.54) is 27.9 Å². The average molecular weight is 231 g/mol. The maximum absolute atomic E-state index is 2.31. The third kappa shape index (κ3) is 1.22. The molecule has 0 aliphatic heterocycles. The summed E-state index contributed by atoms with van der Waals surface area (Å²) in [4.78, 5) is 0. The highest BCUT2D eigenvalue weighted by Gasteiger charge is 2.17. The first kappa shape index (κ1) is 9.72. The molecule has 18 heavy (non-hydrogen) atoms. The number of hydrogen-bond acceptors (Lipinski definition) is 0. The molecule has 4 rings (SSSR count). The molecule has 2 aromatic heterocycles. The van der Waals surface area contributed by atoms with Crippen molar-refractivity contribution in [2.24, 2.45) is 0 Å². The fourth-order valence-corrected chi connectivity index (χ4v) is 2.89. The van der Waals surface area contributed by atoms with Crippen LogP contribution < -0.4 is 0 Å². The van der Waals surface area contributed by atoms with Gasteiger partial charge in [-0.05, 0) is 29.7 Å². The fourth-order valence-electron chi connectivity index (χ4n) is 2.89. The van der Waals surface area contributed by atoms with Crippen LogP contribution in [-0.2, 0) is 6.42 Å². The molecule has 0 saturated carbocycles. The summed E-state index contributed by atoms with van der Waals surface area (Å²) in [6, 6.07) is 4.31. The normalized spacial score (nSPS) is 21.1. The van der Waals surface area contributed by atoms with Crippen molar-refractivity contribution in [1.82, 2.24) is 4.40 Å². The van der Waals surface area contributed by atoms with Gasteiger partial charge in [-0.15, -0.1) is 0 Å². The number of allylic oxidation sites excluding steroid dienone is 5. The van der Waals surface area contributed by atoms with Crippen LogP contribution in [-0.4, -0.2) is 4.40 Å². The number of rotatable bonds is 0. The van der Waals surface area contributed by atoms with E-state index in [0.717, 1.165) is 6.42 Å². The van der Waals surface area contributed by atoms with Gasteiger partial charge in [0.1, 0.15) is 0 Å². The van der Waals surface area contributed by atoms with E-state index >= 15 is 0 Å². The van der Waals surface area contributed by atoms with Crippen LogP contribution in [0.4, 0.5) is 0 Å². The summed E-state index contributed by atoms with van der Waals surface area (Å²) in [7, 11) is 0. The van der Waals surface area contributed by atoms with Crippen LogP contribution in [0.2, 0.25) is 0 Å². The zero-order chi connectivity index (χ0) is 11.9. The third-order valence-electron chi connectivity index (χ3n) is 3.64. The summed E-state index contributed by atoms with van der Waals surface area (Å²) in [5, 5.41) is 0. The van der Waals surface area contributed by atoms with E-state index in [4.69, 9.17) is 0 Å². The molecule has 2 aromatic rings. The van der Waals surface area contributed by atoms with Crippen LogP contribution in [0.25, 0.3) is 23.7 Å². The molecule has 0 unspecified atom stereocenters. The summed E-state index contributed by atoms with van der Waals surface area (Å²) in [5.74, 6) is 0. The van der Waals surface area contributed by atoms with E-state index in [0.29, 0.717) is 0 Å². The summed E-state index contributed by atoms with van der Waals surface area (Å²) in [6.45, 7) is 0. The van der Waals surface area contributed by atoms with Gasteiger partial charge in [-0.3, -0.25) is 0 Å². The van der Waals surface area contributed by atoms with Crippen molar-refractivity contribution in [2.75, 3.05) is 0 Å². The Kier molecular flexibility index (Phi) is 1.95. The summed E-state index contributed by atoms with van der Waals surface area (Å²) < 4.78 is 2.31. The first-order valence-electron chi connectivity index (χ1n) is 6.29. The first-order chi connectivity index (χ1) is 8.95. The Bertz CT molecular complexity index is 751. The first-order valence-corrected chi connectivity index (χ1v) is 6.29. The Hall–Kier alpha value is -2.28. The summed E-state index contributed by atoms with van der Waals surface area (Å²) in [6.07, 6.45) is 20.5. The molecule has 2 heterocycles. The number of aromatic nitrogens is 1. The number of hydrogen-bond donors (Lipinski definition) is 0. The second kappa shape index (κ2) is 3.61. The Morgan fingerprint density at radius 2 is 1.83 bits per heavy atom. The molecule has 0 radical (unpaired) electrons. The van der Waals surface area contributed by atoms with Crippen LogP contribution in [0.15, 0.2) is 48.7 Å². The van der Waals surface area contributed by atoms with Crippen LogP contribution in [0, 0.1) is 0 Å². The molecular formula is C17H13N. The van der Waals surface area contributed by atoms with Crippen molar-refractivity contribution in [1.29, 1.82) is 0 Å². The van der Waals surface area contributed by atoms with Gasteiger partial charge in [-0.1, -0.05) is 48.6 Å². The monoisotopic (exact) mass is 231 g/mol. The minimum Gasteiger partial charge on any atom is -0.316 e. The molecule has 1 heteroatoms. The Morgan fingerprint density at radius 1 is 0.944 bits per heavy atom. The van der Waals surface area contributed by atoms with Crippen molar-refractivity contribution < 1.29 is 0 Å². The van der Waals surface area contributed by atoms with E-state index in [2.05, 4.69) is 71.3 Å². The standard InChI is InChI=1S/C17H13N/c1-2-4-11-16-14(9-3-1)15-10-5-7-13-8-6-12-18(16)17(13)15/h1-9,11-12H,10H2/b2-1-,3-1?,4-2?,9-3-,11-4-,14-9?,16-11?. The summed E-state index contributed by atoms with van der Waals surface area (Å²) >= 11 is 0. The topological polar surface area (TPSA) is 4.41 Å². The van der Waals surface area contributed by atoms with Crippen molar-refractivity contribution in [3.8, 4) is 0 Å². The van der Waals surface area contributed by atoms with E-state index in [1.807, 2.05) is 0 Å². The van der Waals surface area contributed by atoms with Crippen molar-refractivity contribution in [2.45, 2.75) is 6.42 Å². The van der Waals surface area contributed by atoms with Crippen molar-refractivity contribution >= 4 is 23.7 Å². The molecular weight excluding hydrogens is 218 g/mol. The second-order valence-electron chi connectivity index (χ2n) is 4.67. The number of fused-ring (bicyclic) bond motifs is 3. The Balaban J connectivity index is 2.19. The van der Waals surface area contributed by atoms with Gasteiger partial charge in [0.15, 0.2) is 0 Å². The largest absolute Gasteiger partial charge is 0.316 e. The van der Waals surface area contributed by atoms with Gasteiger partial charge in [0.2, 0.25) is 0 Å². The molecule has 0 bridgehead atoms. The summed E-state index contributed by atoms with van der Waals surface area (Å²) in [5.41, 5.74) is 6.76. The predicted molar refractivity (Wildman–Crippen MR) is 77.3 cm³/mol. The zero-order valence-electron chi connectivity index (χ0n) is 10.0. The molecule has 0 atom stereocenters. The quantitative estimate of drug-likeness (QED) is 0.643. The predicted octanol–water partition coefficient (Wildman–Crippen LogP) is 4.10. The molecule has 0 N–H and O–H groups in total. The molecule has 0 saturated heterocycles. The van der Waals surface area contributed by atoms with E-state index < -0.39 is 0 Å². The highest BCUT2D eigenvalue weighted by atomic mass is 14.9. The molecule has 0 aromatic carbocycles.